The molecule has 0 aliphatic carbocycles. The first kappa shape index (κ1) is 31.8. The van der Waals surface area contributed by atoms with Crippen molar-refractivity contribution < 1.29 is 19.4 Å². The molecule has 35 heavy (non-hydrogen) atoms. The zero-order valence-electron chi connectivity index (χ0n) is 23.2. The molecule has 0 saturated heterocycles. The number of aliphatic hydroxyl groups is 1. The van der Waals surface area contributed by atoms with E-state index < -0.39 is 17.4 Å². The van der Waals surface area contributed by atoms with Crippen molar-refractivity contribution >= 4 is 40.9 Å². The second kappa shape index (κ2) is 15.2. The number of Topliss-reactive ketones (excluding diaryl/α,β-unsaturated/α-hetero) is 1. The number of hydrogen-bond donors (Lipinski definition) is 1. The fraction of sp³-hybridized carbons (Fsp3) is 0.750. The molecule has 0 saturated carbocycles. The fourth-order valence-corrected chi connectivity index (χ4v) is 5.52. The van der Waals surface area contributed by atoms with Gasteiger partial charge in [-0.2, -0.15) is 0 Å². The highest BCUT2D eigenvalue weighted by Crippen LogP contribution is 2.32. The van der Waals surface area contributed by atoms with E-state index in [2.05, 4.69) is 18.8 Å². The summed E-state index contributed by atoms with van der Waals surface area (Å²) in [5, 5.41) is 12.8. The number of esters is 1. The fourth-order valence-electron chi connectivity index (χ4n) is 4.29. The Morgan fingerprint density at radius 2 is 1.89 bits per heavy atom. The third-order valence-corrected chi connectivity index (χ3v) is 8.66. The summed E-state index contributed by atoms with van der Waals surface area (Å²) in [7, 11) is 0. The van der Waals surface area contributed by atoms with Crippen LogP contribution in [0.1, 0.15) is 99.6 Å². The summed E-state index contributed by atoms with van der Waals surface area (Å²) in [5.74, 6) is -0.0521. The standard InChI is InChI=1S/C28H47NO4S2/c1-10-23(20(5)16-22-17-35-27(29-22)34-9)33-24(30)14-15-28(7,8)26(32)21(6)25(31)19(4)13-11-12-18(2)3/h16-19,21,23,25,31H,10-15H2,1-9H3/b20-16+/t19-,21+,23-,25-/m0/s1. The zero-order valence-corrected chi connectivity index (χ0v) is 24.9. The van der Waals surface area contributed by atoms with E-state index in [9.17, 15) is 14.7 Å². The Labute approximate surface area is 221 Å². The molecule has 0 unspecified atom stereocenters. The number of carbonyl (C=O) groups excluding carboxylic acids is 2. The molecule has 0 aliphatic rings. The minimum absolute atomic E-state index is 0.00441. The van der Waals surface area contributed by atoms with Gasteiger partial charge in [0.1, 0.15) is 16.2 Å². The number of rotatable bonds is 16. The highest BCUT2D eigenvalue weighted by atomic mass is 32.2. The molecular weight excluding hydrogens is 478 g/mol. The van der Waals surface area contributed by atoms with E-state index in [0.29, 0.717) is 18.8 Å². The number of aromatic nitrogens is 1. The highest BCUT2D eigenvalue weighted by Gasteiger charge is 2.36. The van der Waals surface area contributed by atoms with Crippen LogP contribution < -0.4 is 0 Å². The van der Waals surface area contributed by atoms with Gasteiger partial charge in [-0.05, 0) is 55.9 Å². The van der Waals surface area contributed by atoms with Crippen LogP contribution in [0.15, 0.2) is 15.3 Å². The molecule has 1 N–H and O–H groups in total. The van der Waals surface area contributed by atoms with E-state index in [1.807, 2.05) is 59.3 Å². The first-order valence-electron chi connectivity index (χ1n) is 12.9. The van der Waals surface area contributed by atoms with Gasteiger partial charge in [0.15, 0.2) is 0 Å². The van der Waals surface area contributed by atoms with Crippen LogP contribution in [0.4, 0.5) is 0 Å². The lowest BCUT2D eigenvalue weighted by Gasteiger charge is -2.31. The monoisotopic (exact) mass is 525 g/mol. The van der Waals surface area contributed by atoms with Gasteiger partial charge < -0.3 is 9.84 Å². The number of hydrogen-bond acceptors (Lipinski definition) is 7. The van der Waals surface area contributed by atoms with Crippen LogP contribution in [0.5, 0.6) is 0 Å². The molecule has 0 amide bonds. The molecule has 7 heteroatoms. The average molecular weight is 526 g/mol. The summed E-state index contributed by atoms with van der Waals surface area (Å²) in [4.78, 5) is 30.4. The molecule has 0 aliphatic heterocycles. The summed E-state index contributed by atoms with van der Waals surface area (Å²) >= 11 is 3.21. The van der Waals surface area contributed by atoms with Gasteiger partial charge in [0, 0.05) is 23.1 Å². The molecule has 0 fully saturated rings. The molecule has 4 atom stereocenters. The van der Waals surface area contributed by atoms with Gasteiger partial charge in [-0.25, -0.2) is 4.98 Å². The normalized spacial score (nSPS) is 16.1. The maximum absolute atomic E-state index is 13.2. The maximum atomic E-state index is 13.2. The number of thiazole rings is 1. The van der Waals surface area contributed by atoms with Gasteiger partial charge >= 0.3 is 5.97 Å². The predicted molar refractivity (Wildman–Crippen MR) is 149 cm³/mol. The van der Waals surface area contributed by atoms with Crippen LogP contribution in [-0.2, 0) is 14.3 Å². The lowest BCUT2D eigenvalue weighted by Crippen LogP contribution is -2.39. The summed E-state index contributed by atoms with van der Waals surface area (Å²) in [6.07, 6.45) is 7.32. The first-order chi connectivity index (χ1) is 16.3. The third-order valence-electron chi connectivity index (χ3n) is 6.77. The minimum atomic E-state index is -0.710. The van der Waals surface area contributed by atoms with Gasteiger partial charge in [0.25, 0.3) is 0 Å². The Hall–Kier alpha value is -1.18. The van der Waals surface area contributed by atoms with Crippen molar-refractivity contribution in [3.63, 3.8) is 0 Å². The van der Waals surface area contributed by atoms with Crippen molar-refractivity contribution in [3.8, 4) is 0 Å². The van der Waals surface area contributed by atoms with E-state index in [1.165, 1.54) is 0 Å². The number of aliphatic hydroxyl groups excluding tert-OH is 1. The Balaban J connectivity index is 2.65. The molecule has 0 spiro atoms. The topological polar surface area (TPSA) is 76.5 Å². The SMILES string of the molecule is CC[C@H](OC(=O)CCC(C)(C)C(=O)[C@H](C)[C@@H](O)[C@@H](C)CCCC(C)C)/C(C)=C/c1csc(SC)n1. The van der Waals surface area contributed by atoms with Gasteiger partial charge in [-0.15, -0.1) is 11.3 Å². The number of thioether (sulfide) groups is 1. The minimum Gasteiger partial charge on any atom is -0.458 e. The summed E-state index contributed by atoms with van der Waals surface area (Å²) in [5.41, 5.74) is 1.12. The van der Waals surface area contributed by atoms with E-state index in [-0.39, 0.29) is 30.2 Å². The van der Waals surface area contributed by atoms with Crippen molar-refractivity contribution in [2.45, 2.75) is 110 Å². The van der Waals surface area contributed by atoms with Crippen molar-refractivity contribution in [2.24, 2.45) is 23.2 Å². The Kier molecular flexibility index (Phi) is 13.8. The molecule has 1 aromatic rings. The van der Waals surface area contributed by atoms with E-state index >= 15 is 0 Å². The molecule has 0 aromatic carbocycles. The van der Waals surface area contributed by atoms with E-state index in [1.54, 1.807) is 23.1 Å². The van der Waals surface area contributed by atoms with Gasteiger partial charge in [0.2, 0.25) is 0 Å². The van der Waals surface area contributed by atoms with E-state index in [0.717, 1.165) is 34.9 Å². The number of ether oxygens (including phenoxy) is 1. The second-order valence-corrected chi connectivity index (χ2v) is 12.8. The Morgan fingerprint density at radius 1 is 1.23 bits per heavy atom. The Bertz CT molecular complexity index is 831. The van der Waals surface area contributed by atoms with Crippen LogP contribution in [0, 0.1) is 23.2 Å². The van der Waals surface area contributed by atoms with Gasteiger partial charge in [-0.1, -0.05) is 73.1 Å². The molecule has 0 bridgehead atoms. The van der Waals surface area contributed by atoms with Crippen molar-refractivity contribution in [1.82, 2.24) is 4.98 Å². The van der Waals surface area contributed by atoms with Crippen LogP contribution in [-0.4, -0.2) is 40.3 Å². The Morgan fingerprint density at radius 3 is 2.43 bits per heavy atom. The predicted octanol–water partition coefficient (Wildman–Crippen LogP) is 7.43. The molecule has 200 valence electrons. The quantitative estimate of drug-likeness (QED) is 0.179. The van der Waals surface area contributed by atoms with Gasteiger partial charge in [-0.3, -0.25) is 9.59 Å². The summed E-state index contributed by atoms with van der Waals surface area (Å²) in [6, 6.07) is 0. The van der Waals surface area contributed by atoms with E-state index in [4.69, 9.17) is 4.74 Å². The van der Waals surface area contributed by atoms with Crippen molar-refractivity contribution in [2.75, 3.05) is 6.26 Å². The largest absolute Gasteiger partial charge is 0.458 e. The van der Waals surface area contributed by atoms with Crippen LogP contribution >= 0.6 is 23.1 Å². The molecule has 0 radical (unpaired) electrons. The molecule has 1 aromatic heterocycles. The molecule has 5 nitrogen and oxygen atoms in total. The zero-order chi connectivity index (χ0) is 26.8. The number of ketones is 1. The summed E-state index contributed by atoms with van der Waals surface area (Å²) < 4.78 is 6.76. The van der Waals surface area contributed by atoms with Crippen LogP contribution in [0.2, 0.25) is 0 Å². The lowest BCUT2D eigenvalue weighted by atomic mass is 9.74. The number of carbonyl (C=O) groups is 2. The van der Waals surface area contributed by atoms with Crippen LogP contribution in [0.25, 0.3) is 6.08 Å². The molecular formula is C28H47NO4S2. The first-order valence-corrected chi connectivity index (χ1v) is 15.0. The molecule has 1 rings (SSSR count). The van der Waals surface area contributed by atoms with Crippen molar-refractivity contribution in [3.05, 3.63) is 16.6 Å². The van der Waals surface area contributed by atoms with Crippen LogP contribution in [0.3, 0.4) is 0 Å². The average Bonchev–Trinajstić information content (AvgIpc) is 3.26. The smallest absolute Gasteiger partial charge is 0.306 e. The third kappa shape index (κ3) is 10.8. The van der Waals surface area contributed by atoms with Gasteiger partial charge in [0.05, 0.1) is 11.8 Å². The maximum Gasteiger partial charge on any atom is 0.306 e. The second-order valence-electron chi connectivity index (χ2n) is 10.8. The summed E-state index contributed by atoms with van der Waals surface area (Å²) in [6.45, 7) is 15.9. The lowest BCUT2D eigenvalue weighted by molar-refractivity contribution is -0.148. The number of nitrogens with zero attached hydrogens (tertiary/aromatic N) is 1. The highest BCUT2D eigenvalue weighted by molar-refractivity contribution is 8.00. The van der Waals surface area contributed by atoms with Crippen molar-refractivity contribution in [1.29, 1.82) is 0 Å². The molecule has 1 heterocycles.